The van der Waals surface area contributed by atoms with Gasteiger partial charge in [-0.3, -0.25) is 9.78 Å². The second kappa shape index (κ2) is 6.51. The van der Waals surface area contributed by atoms with Crippen molar-refractivity contribution in [2.24, 2.45) is 5.41 Å². The van der Waals surface area contributed by atoms with Crippen molar-refractivity contribution in [3.8, 4) is 0 Å². The molecule has 2 aromatic rings. The fourth-order valence-electron chi connectivity index (χ4n) is 5.07. The number of nitrogens with zero attached hydrogens (tertiary/aromatic N) is 2. The number of hydrogen-bond acceptors (Lipinski definition) is 3. The van der Waals surface area contributed by atoms with Crippen molar-refractivity contribution < 1.29 is 9.90 Å². The highest BCUT2D eigenvalue weighted by atomic mass is 16.3. The number of aryl methyl sites for hydroxylation is 2. The standard InChI is InChI=1S/C22H26N2O2/c1-15-8-10-19(16(2)23-15)21(26)24-18-9-11-20(24)22(13-18,14-25)12-17-6-4-3-5-7-17/h3-8,10,18,20,25H,9,11-14H2,1-2H3/t18-,20+,22-/m0/s1. The van der Waals surface area contributed by atoms with Crippen LogP contribution in [0.15, 0.2) is 42.5 Å². The Morgan fingerprint density at radius 1 is 1.19 bits per heavy atom. The fraction of sp³-hybridized carbons (Fsp3) is 0.455. The lowest BCUT2D eigenvalue weighted by molar-refractivity contribution is 0.0570. The zero-order valence-corrected chi connectivity index (χ0v) is 15.5. The summed E-state index contributed by atoms with van der Waals surface area (Å²) < 4.78 is 0. The van der Waals surface area contributed by atoms with E-state index in [1.807, 2.05) is 44.2 Å². The first-order chi connectivity index (χ1) is 12.5. The van der Waals surface area contributed by atoms with Crippen LogP contribution in [0.25, 0.3) is 0 Å². The van der Waals surface area contributed by atoms with Crippen LogP contribution < -0.4 is 0 Å². The van der Waals surface area contributed by atoms with E-state index in [1.54, 1.807) is 0 Å². The minimum absolute atomic E-state index is 0.0749. The van der Waals surface area contributed by atoms with Gasteiger partial charge in [-0.2, -0.15) is 0 Å². The molecule has 2 aliphatic heterocycles. The van der Waals surface area contributed by atoms with Crippen molar-refractivity contribution >= 4 is 5.91 Å². The smallest absolute Gasteiger partial charge is 0.256 e. The Bertz CT molecular complexity index is 820. The van der Waals surface area contributed by atoms with Gasteiger partial charge in [0.15, 0.2) is 0 Å². The first-order valence-corrected chi connectivity index (χ1v) is 9.46. The van der Waals surface area contributed by atoms with Crippen molar-refractivity contribution in [1.82, 2.24) is 9.88 Å². The lowest BCUT2D eigenvalue weighted by atomic mass is 9.70. The summed E-state index contributed by atoms with van der Waals surface area (Å²) >= 11 is 0. The molecule has 1 amide bonds. The molecule has 2 aliphatic rings. The zero-order chi connectivity index (χ0) is 18.3. The molecule has 0 aliphatic carbocycles. The predicted molar refractivity (Wildman–Crippen MR) is 101 cm³/mol. The summed E-state index contributed by atoms with van der Waals surface area (Å²) in [5.74, 6) is 0.0749. The van der Waals surface area contributed by atoms with Crippen LogP contribution >= 0.6 is 0 Å². The van der Waals surface area contributed by atoms with Crippen molar-refractivity contribution in [2.45, 2.75) is 51.6 Å². The van der Waals surface area contributed by atoms with Gasteiger partial charge in [-0.15, -0.1) is 0 Å². The highest BCUT2D eigenvalue weighted by Gasteiger charge is 2.57. The largest absolute Gasteiger partial charge is 0.396 e. The maximum atomic E-state index is 13.3. The number of aromatic nitrogens is 1. The van der Waals surface area contributed by atoms with E-state index in [-0.39, 0.29) is 30.0 Å². The van der Waals surface area contributed by atoms with Gasteiger partial charge < -0.3 is 10.0 Å². The van der Waals surface area contributed by atoms with E-state index in [0.717, 1.165) is 37.1 Å². The average molecular weight is 350 g/mol. The normalized spacial score (nSPS) is 27.1. The molecule has 1 aromatic carbocycles. The van der Waals surface area contributed by atoms with E-state index >= 15 is 0 Å². The maximum Gasteiger partial charge on any atom is 0.256 e. The maximum absolute atomic E-state index is 13.3. The summed E-state index contributed by atoms with van der Waals surface area (Å²) in [7, 11) is 0. The number of benzene rings is 1. The summed E-state index contributed by atoms with van der Waals surface area (Å²) in [5.41, 5.74) is 3.42. The van der Waals surface area contributed by atoms with Crippen molar-refractivity contribution in [3.63, 3.8) is 0 Å². The van der Waals surface area contributed by atoms with Gasteiger partial charge in [-0.05, 0) is 57.2 Å². The van der Waals surface area contributed by atoms with Gasteiger partial charge in [0.25, 0.3) is 5.91 Å². The van der Waals surface area contributed by atoms with Gasteiger partial charge in [0.1, 0.15) is 0 Å². The third kappa shape index (κ3) is 2.73. The van der Waals surface area contributed by atoms with Crippen molar-refractivity contribution in [2.75, 3.05) is 6.61 Å². The molecule has 0 radical (unpaired) electrons. The first-order valence-electron chi connectivity index (χ1n) is 9.46. The van der Waals surface area contributed by atoms with E-state index in [2.05, 4.69) is 22.0 Å². The van der Waals surface area contributed by atoms with Gasteiger partial charge in [0.05, 0.1) is 17.9 Å². The molecule has 0 saturated carbocycles. The Balaban J connectivity index is 1.64. The predicted octanol–water partition coefficient (Wildman–Crippen LogP) is 3.30. The molecule has 3 atom stereocenters. The minimum Gasteiger partial charge on any atom is -0.396 e. The quantitative estimate of drug-likeness (QED) is 0.920. The second-order valence-electron chi connectivity index (χ2n) is 7.93. The Morgan fingerprint density at radius 3 is 2.65 bits per heavy atom. The van der Waals surface area contributed by atoms with Gasteiger partial charge in [-0.25, -0.2) is 0 Å². The molecule has 1 aromatic heterocycles. The molecule has 26 heavy (non-hydrogen) atoms. The number of carbonyl (C=O) groups excluding carboxylic acids is 1. The molecule has 136 valence electrons. The van der Waals surface area contributed by atoms with Crippen LogP contribution in [0, 0.1) is 19.3 Å². The van der Waals surface area contributed by atoms with E-state index in [0.29, 0.717) is 5.56 Å². The summed E-state index contributed by atoms with van der Waals surface area (Å²) in [6.45, 7) is 3.97. The van der Waals surface area contributed by atoms with Gasteiger partial charge in [-0.1, -0.05) is 30.3 Å². The van der Waals surface area contributed by atoms with Crippen LogP contribution in [0.2, 0.25) is 0 Å². The fourth-order valence-corrected chi connectivity index (χ4v) is 5.07. The molecule has 1 N–H and O–H groups in total. The Kier molecular flexibility index (Phi) is 4.31. The summed E-state index contributed by atoms with van der Waals surface area (Å²) in [5, 5.41) is 10.3. The second-order valence-corrected chi connectivity index (χ2v) is 7.93. The lowest BCUT2D eigenvalue weighted by Gasteiger charge is -2.36. The van der Waals surface area contributed by atoms with E-state index < -0.39 is 0 Å². The monoisotopic (exact) mass is 350 g/mol. The van der Waals surface area contributed by atoms with Crippen LogP contribution in [-0.2, 0) is 6.42 Å². The number of aliphatic hydroxyl groups is 1. The molecule has 2 bridgehead atoms. The van der Waals surface area contributed by atoms with Crippen LogP contribution in [-0.4, -0.2) is 39.6 Å². The molecule has 4 heteroatoms. The number of amides is 1. The van der Waals surface area contributed by atoms with Crippen molar-refractivity contribution in [1.29, 1.82) is 0 Å². The van der Waals surface area contributed by atoms with E-state index in [1.165, 1.54) is 5.56 Å². The SMILES string of the molecule is Cc1ccc(C(=O)N2[C@H]3CC[C@@H]2[C@@](CO)(Cc2ccccc2)C3)c(C)n1. The molecule has 0 unspecified atom stereocenters. The van der Waals surface area contributed by atoms with Gasteiger partial charge in [0, 0.05) is 23.2 Å². The topological polar surface area (TPSA) is 53.4 Å². The van der Waals surface area contributed by atoms with Crippen LogP contribution in [0.3, 0.4) is 0 Å². The molecule has 0 spiro atoms. The third-order valence-corrected chi connectivity index (χ3v) is 6.26. The summed E-state index contributed by atoms with van der Waals surface area (Å²) in [4.78, 5) is 19.8. The molecular formula is C22H26N2O2. The molecule has 2 saturated heterocycles. The summed E-state index contributed by atoms with van der Waals surface area (Å²) in [6, 6.07) is 14.5. The number of aliphatic hydroxyl groups excluding tert-OH is 1. The minimum atomic E-state index is -0.230. The zero-order valence-electron chi connectivity index (χ0n) is 15.5. The Hall–Kier alpha value is -2.20. The molecular weight excluding hydrogens is 324 g/mol. The summed E-state index contributed by atoms with van der Waals surface area (Å²) in [6.07, 6.45) is 3.71. The highest BCUT2D eigenvalue weighted by molar-refractivity contribution is 5.96. The molecule has 2 fully saturated rings. The van der Waals surface area contributed by atoms with Crippen LogP contribution in [0.4, 0.5) is 0 Å². The molecule has 4 nitrogen and oxygen atoms in total. The number of rotatable bonds is 4. The van der Waals surface area contributed by atoms with E-state index in [4.69, 9.17) is 0 Å². The lowest BCUT2D eigenvalue weighted by Crippen LogP contribution is -2.44. The molecule has 3 heterocycles. The number of fused-ring (bicyclic) bond motifs is 2. The number of pyridine rings is 1. The van der Waals surface area contributed by atoms with E-state index in [9.17, 15) is 9.90 Å². The van der Waals surface area contributed by atoms with Crippen LogP contribution in [0.5, 0.6) is 0 Å². The van der Waals surface area contributed by atoms with Crippen molar-refractivity contribution in [3.05, 3.63) is 65.0 Å². The van der Waals surface area contributed by atoms with Gasteiger partial charge >= 0.3 is 0 Å². The highest BCUT2D eigenvalue weighted by Crippen LogP contribution is 2.51. The number of hydrogen-bond donors (Lipinski definition) is 1. The Labute approximate surface area is 154 Å². The number of carbonyl (C=O) groups is 1. The Morgan fingerprint density at radius 2 is 1.96 bits per heavy atom. The molecule has 4 rings (SSSR count). The van der Waals surface area contributed by atoms with Gasteiger partial charge in [0.2, 0.25) is 0 Å². The first kappa shape index (κ1) is 17.2. The third-order valence-electron chi connectivity index (χ3n) is 6.26. The average Bonchev–Trinajstić information content (AvgIpc) is 3.18. The van der Waals surface area contributed by atoms with Crippen LogP contribution in [0.1, 0.15) is 46.6 Å².